The molecule has 0 aliphatic rings. The van der Waals surface area contributed by atoms with Crippen LogP contribution in [-0.4, -0.2) is 18.0 Å². The van der Waals surface area contributed by atoms with Crippen LogP contribution in [-0.2, 0) is 0 Å². The monoisotopic (exact) mass is 352 g/mol. The molecule has 1 amide bonds. The Hall–Kier alpha value is -0.650. The van der Waals surface area contributed by atoms with Gasteiger partial charge in [0.1, 0.15) is 5.82 Å². The predicted octanol–water partition coefficient (Wildman–Crippen LogP) is 3.11. The Bertz CT molecular complexity index is 456. The van der Waals surface area contributed by atoms with E-state index in [0.29, 0.717) is 11.0 Å². The average Bonchev–Trinajstić information content (AvgIpc) is 2.31. The van der Waals surface area contributed by atoms with Gasteiger partial charge in [-0.3, -0.25) is 4.79 Å². The van der Waals surface area contributed by atoms with Gasteiger partial charge in [0.2, 0.25) is 0 Å². The van der Waals surface area contributed by atoms with Crippen molar-refractivity contribution in [2.45, 2.75) is 26.3 Å². The number of carbonyl (C=O) groups excluding carboxylic acids is 1. The third-order valence-corrected chi connectivity index (χ3v) is 3.76. The molecule has 1 unspecified atom stereocenters. The Balaban J connectivity index is 0.00000324. The maximum Gasteiger partial charge on any atom is 0.254 e. The van der Waals surface area contributed by atoms with Crippen molar-refractivity contribution in [3.8, 4) is 0 Å². The van der Waals surface area contributed by atoms with Gasteiger partial charge >= 0.3 is 0 Å². The molecule has 1 aromatic rings. The molecule has 19 heavy (non-hydrogen) atoms. The summed E-state index contributed by atoms with van der Waals surface area (Å²) in [5, 5.41) is 2.80. The summed E-state index contributed by atoms with van der Waals surface area (Å²) in [6.45, 7) is 6.08. The largest absolute Gasteiger partial charge is 0.345 e. The highest BCUT2D eigenvalue weighted by Gasteiger charge is 2.29. The average molecular weight is 354 g/mol. The number of hydrogen-bond acceptors (Lipinski definition) is 2. The van der Waals surface area contributed by atoms with Crippen LogP contribution in [0.2, 0.25) is 0 Å². The van der Waals surface area contributed by atoms with E-state index in [1.807, 2.05) is 20.8 Å². The predicted molar refractivity (Wildman–Crippen MR) is 81.1 cm³/mol. The van der Waals surface area contributed by atoms with Gasteiger partial charge in [0.15, 0.2) is 0 Å². The van der Waals surface area contributed by atoms with Gasteiger partial charge in [-0.2, -0.15) is 0 Å². The zero-order valence-electron chi connectivity index (χ0n) is 11.2. The summed E-state index contributed by atoms with van der Waals surface area (Å²) in [6, 6.07) is 4.27. The Morgan fingerprint density at radius 3 is 2.58 bits per heavy atom. The Kier molecular flexibility index (Phi) is 6.97. The highest BCUT2D eigenvalue weighted by Crippen LogP contribution is 2.19. The molecule has 0 aliphatic heterocycles. The molecule has 6 heteroatoms. The van der Waals surface area contributed by atoms with E-state index in [0.717, 1.165) is 0 Å². The van der Waals surface area contributed by atoms with Gasteiger partial charge in [-0.25, -0.2) is 4.39 Å². The molecule has 1 atom stereocenters. The summed E-state index contributed by atoms with van der Waals surface area (Å²) >= 11 is 3.22. The van der Waals surface area contributed by atoms with E-state index in [2.05, 4.69) is 21.2 Å². The fourth-order valence-corrected chi connectivity index (χ4v) is 1.79. The van der Waals surface area contributed by atoms with Crippen LogP contribution in [0.15, 0.2) is 22.7 Å². The number of amides is 1. The van der Waals surface area contributed by atoms with Gasteiger partial charge < -0.3 is 11.1 Å². The summed E-state index contributed by atoms with van der Waals surface area (Å²) in [5.41, 5.74) is 5.15. The van der Waals surface area contributed by atoms with Crippen LogP contribution in [0.3, 0.4) is 0 Å². The molecule has 0 heterocycles. The van der Waals surface area contributed by atoms with Crippen molar-refractivity contribution >= 4 is 34.2 Å². The summed E-state index contributed by atoms with van der Waals surface area (Å²) in [7, 11) is 0. The summed E-state index contributed by atoms with van der Waals surface area (Å²) in [4.78, 5) is 12.1. The molecule has 0 aromatic heterocycles. The molecular weight excluding hydrogens is 335 g/mol. The summed E-state index contributed by atoms with van der Waals surface area (Å²) in [6.07, 6.45) is 0. The first-order valence-corrected chi connectivity index (χ1v) is 6.57. The van der Waals surface area contributed by atoms with Crippen molar-refractivity contribution in [2.24, 2.45) is 11.7 Å². The van der Waals surface area contributed by atoms with Gasteiger partial charge in [0.05, 0.1) is 11.1 Å². The van der Waals surface area contributed by atoms with Crippen molar-refractivity contribution in [1.82, 2.24) is 5.32 Å². The van der Waals surface area contributed by atoms with E-state index in [1.165, 1.54) is 12.1 Å². The van der Waals surface area contributed by atoms with Crippen LogP contribution >= 0.6 is 28.3 Å². The van der Waals surface area contributed by atoms with E-state index in [9.17, 15) is 9.18 Å². The minimum absolute atomic E-state index is 0. The Labute approximate surface area is 127 Å². The maximum absolute atomic E-state index is 13.6. The lowest BCUT2D eigenvalue weighted by Gasteiger charge is -2.33. The van der Waals surface area contributed by atoms with Crippen LogP contribution in [0, 0.1) is 11.7 Å². The lowest BCUT2D eigenvalue weighted by atomic mass is 9.88. The first kappa shape index (κ1) is 18.4. The van der Waals surface area contributed by atoms with Crippen molar-refractivity contribution in [3.05, 3.63) is 34.1 Å². The third-order valence-electron chi connectivity index (χ3n) is 3.27. The maximum atomic E-state index is 13.6. The lowest BCUT2D eigenvalue weighted by Crippen LogP contribution is -2.55. The van der Waals surface area contributed by atoms with Crippen LogP contribution in [0.1, 0.15) is 31.1 Å². The second-order valence-electron chi connectivity index (χ2n) is 4.85. The molecule has 3 nitrogen and oxygen atoms in total. The highest BCUT2D eigenvalue weighted by atomic mass is 79.9. The molecule has 108 valence electrons. The molecular formula is C13H19BrClFN2O. The summed E-state index contributed by atoms with van der Waals surface area (Å²) in [5.74, 6) is -0.837. The number of benzene rings is 1. The standard InChI is InChI=1S/C13H18BrFN2O.ClH/c1-8(2)13(3,7-16)17-12(18)10-6-9(14)4-5-11(10)15;/h4-6,8H,7,16H2,1-3H3,(H,17,18);1H. The molecule has 0 bridgehead atoms. The fraction of sp³-hybridized carbons (Fsp3) is 0.462. The number of halogens is 3. The Morgan fingerprint density at radius 1 is 1.53 bits per heavy atom. The van der Waals surface area contributed by atoms with E-state index >= 15 is 0 Å². The van der Waals surface area contributed by atoms with Crippen LogP contribution in [0.25, 0.3) is 0 Å². The lowest BCUT2D eigenvalue weighted by molar-refractivity contribution is 0.0879. The van der Waals surface area contributed by atoms with Crippen molar-refractivity contribution < 1.29 is 9.18 Å². The minimum atomic E-state index is -0.550. The molecule has 0 aliphatic carbocycles. The van der Waals surface area contributed by atoms with Gasteiger partial charge in [0.25, 0.3) is 5.91 Å². The second kappa shape index (κ2) is 7.22. The quantitative estimate of drug-likeness (QED) is 0.874. The number of carbonyl (C=O) groups is 1. The van der Waals surface area contributed by atoms with E-state index in [-0.39, 0.29) is 23.9 Å². The first-order valence-electron chi connectivity index (χ1n) is 5.78. The minimum Gasteiger partial charge on any atom is -0.345 e. The van der Waals surface area contributed by atoms with E-state index < -0.39 is 17.3 Å². The highest BCUT2D eigenvalue weighted by molar-refractivity contribution is 9.10. The number of nitrogens with two attached hydrogens (primary N) is 1. The zero-order chi connectivity index (χ0) is 13.9. The molecule has 0 radical (unpaired) electrons. The zero-order valence-corrected chi connectivity index (χ0v) is 13.6. The molecule has 3 N–H and O–H groups in total. The number of hydrogen-bond donors (Lipinski definition) is 2. The van der Waals surface area contributed by atoms with E-state index in [4.69, 9.17) is 5.73 Å². The SMILES string of the molecule is CC(C)C(C)(CN)NC(=O)c1cc(Br)ccc1F.Cl. The first-order chi connectivity index (χ1) is 8.30. The molecule has 0 spiro atoms. The van der Waals surface area contributed by atoms with Crippen molar-refractivity contribution in [1.29, 1.82) is 0 Å². The van der Waals surface area contributed by atoms with Gasteiger partial charge in [-0.05, 0) is 31.0 Å². The number of rotatable bonds is 4. The van der Waals surface area contributed by atoms with Crippen LogP contribution < -0.4 is 11.1 Å². The molecule has 0 saturated carbocycles. The normalized spacial score (nSPS) is 13.6. The smallest absolute Gasteiger partial charge is 0.254 e. The van der Waals surface area contributed by atoms with Gasteiger partial charge in [0, 0.05) is 11.0 Å². The van der Waals surface area contributed by atoms with Gasteiger partial charge in [-0.15, -0.1) is 12.4 Å². The van der Waals surface area contributed by atoms with Crippen molar-refractivity contribution in [2.75, 3.05) is 6.54 Å². The van der Waals surface area contributed by atoms with Gasteiger partial charge in [-0.1, -0.05) is 29.8 Å². The van der Waals surface area contributed by atoms with Crippen LogP contribution in [0.4, 0.5) is 4.39 Å². The second-order valence-corrected chi connectivity index (χ2v) is 5.77. The molecule has 0 saturated heterocycles. The fourth-order valence-electron chi connectivity index (χ4n) is 1.43. The molecule has 0 fully saturated rings. The summed E-state index contributed by atoms with van der Waals surface area (Å²) < 4.78 is 14.2. The topological polar surface area (TPSA) is 55.1 Å². The third kappa shape index (κ3) is 4.44. The van der Waals surface area contributed by atoms with Crippen molar-refractivity contribution in [3.63, 3.8) is 0 Å². The molecule has 1 rings (SSSR count). The number of nitrogens with one attached hydrogen (secondary N) is 1. The Morgan fingerprint density at radius 2 is 2.11 bits per heavy atom. The molecule has 1 aromatic carbocycles. The van der Waals surface area contributed by atoms with Crippen LogP contribution in [0.5, 0.6) is 0 Å². The van der Waals surface area contributed by atoms with E-state index in [1.54, 1.807) is 6.07 Å².